The highest BCUT2D eigenvalue weighted by Crippen LogP contribution is 2.26. The van der Waals surface area contributed by atoms with E-state index in [1.165, 1.54) is 0 Å². The number of carbonyl (C=O) groups is 3. The van der Waals surface area contributed by atoms with Gasteiger partial charge in [-0.05, 0) is 37.5 Å². The van der Waals surface area contributed by atoms with Crippen LogP contribution in [0.4, 0.5) is 10.6 Å². The Morgan fingerprint density at radius 3 is 2.61 bits per heavy atom. The van der Waals surface area contributed by atoms with E-state index in [0.29, 0.717) is 22.4 Å². The van der Waals surface area contributed by atoms with Crippen molar-refractivity contribution in [2.24, 2.45) is 5.73 Å². The molecule has 3 amide bonds. The molecule has 0 unspecified atom stereocenters. The number of pyridine rings is 1. The molecule has 4 rings (SSSR count). The summed E-state index contributed by atoms with van der Waals surface area (Å²) in [6.07, 6.45) is 2.64. The van der Waals surface area contributed by atoms with Crippen LogP contribution in [-0.4, -0.2) is 50.1 Å². The summed E-state index contributed by atoms with van der Waals surface area (Å²) in [4.78, 5) is 43.1. The lowest BCUT2D eigenvalue weighted by Crippen LogP contribution is -2.48. The highest BCUT2D eigenvalue weighted by atomic mass is 35.5. The molecule has 0 radical (unpaired) electrons. The highest BCUT2D eigenvalue weighted by Gasteiger charge is 2.31. The van der Waals surface area contributed by atoms with Crippen LogP contribution in [0, 0.1) is 0 Å². The molecule has 1 aromatic carbocycles. The van der Waals surface area contributed by atoms with Gasteiger partial charge in [0.05, 0.1) is 17.6 Å². The predicted octanol–water partition coefficient (Wildman–Crippen LogP) is 2.57. The molecule has 1 fully saturated rings. The van der Waals surface area contributed by atoms with Crippen molar-refractivity contribution in [1.82, 2.24) is 19.7 Å². The van der Waals surface area contributed by atoms with Crippen LogP contribution in [0.5, 0.6) is 0 Å². The Morgan fingerprint density at radius 2 is 1.94 bits per heavy atom. The number of amides is 3. The second-order valence-corrected chi connectivity index (χ2v) is 7.78. The minimum Gasteiger partial charge on any atom is -0.350 e. The molecule has 1 aliphatic rings. The number of benzene rings is 1. The fourth-order valence-corrected chi connectivity index (χ4v) is 3.77. The summed E-state index contributed by atoms with van der Waals surface area (Å²) in [6, 6.07) is 11.3. The molecule has 0 saturated heterocycles. The third-order valence-corrected chi connectivity index (χ3v) is 5.53. The number of hydrogen-bond acceptors (Lipinski definition) is 5. The van der Waals surface area contributed by atoms with Gasteiger partial charge in [-0.3, -0.25) is 9.59 Å². The van der Waals surface area contributed by atoms with E-state index in [-0.39, 0.29) is 36.0 Å². The predicted molar refractivity (Wildman–Crippen MR) is 116 cm³/mol. The number of carbonyl (C=O) groups excluding carboxylic acids is 3. The fourth-order valence-electron chi connectivity index (χ4n) is 3.61. The normalized spacial score (nSPS) is 13.6. The Kier molecular flexibility index (Phi) is 5.85. The molecule has 9 nitrogen and oxygen atoms in total. The summed E-state index contributed by atoms with van der Waals surface area (Å²) < 4.78 is 1.09. The van der Waals surface area contributed by atoms with Crippen LogP contribution >= 0.6 is 11.6 Å². The first-order chi connectivity index (χ1) is 14.9. The van der Waals surface area contributed by atoms with Gasteiger partial charge >= 0.3 is 6.03 Å². The molecule has 1 saturated carbocycles. The van der Waals surface area contributed by atoms with E-state index in [2.05, 4.69) is 15.4 Å². The molecule has 0 bridgehead atoms. The second-order valence-electron chi connectivity index (χ2n) is 7.39. The number of primary amides is 1. The topological polar surface area (TPSA) is 123 Å². The molecule has 2 aromatic heterocycles. The number of anilines is 1. The molecule has 160 valence electrons. The summed E-state index contributed by atoms with van der Waals surface area (Å²) in [6.45, 7) is -0.105. The minimum atomic E-state index is -0.723. The molecule has 0 atom stereocenters. The van der Waals surface area contributed by atoms with Gasteiger partial charge in [0.15, 0.2) is 0 Å². The third-order valence-electron chi connectivity index (χ3n) is 5.32. The average Bonchev–Trinajstić information content (AvgIpc) is 3.05. The van der Waals surface area contributed by atoms with Crippen molar-refractivity contribution < 1.29 is 14.4 Å². The molecule has 3 N–H and O–H groups in total. The molecule has 31 heavy (non-hydrogen) atoms. The Labute approximate surface area is 183 Å². The van der Waals surface area contributed by atoms with Gasteiger partial charge in [-0.2, -0.15) is 9.78 Å². The second kappa shape index (κ2) is 8.73. The van der Waals surface area contributed by atoms with Crippen molar-refractivity contribution in [2.45, 2.75) is 31.7 Å². The first-order valence-corrected chi connectivity index (χ1v) is 10.3. The number of nitrogens with two attached hydrogens (primary N) is 1. The zero-order chi connectivity index (χ0) is 22.0. The van der Waals surface area contributed by atoms with E-state index in [1.807, 2.05) is 0 Å². The van der Waals surface area contributed by atoms with Crippen LogP contribution in [0.15, 0.2) is 42.5 Å². The summed E-state index contributed by atoms with van der Waals surface area (Å²) in [5, 5.41) is 7.86. The van der Waals surface area contributed by atoms with Crippen LogP contribution in [0.3, 0.4) is 0 Å². The lowest BCUT2D eigenvalue weighted by atomic mass is 9.91. The number of aromatic nitrogens is 3. The lowest BCUT2D eigenvalue weighted by molar-refractivity contribution is -0.138. The van der Waals surface area contributed by atoms with Crippen LogP contribution < -0.4 is 11.1 Å². The van der Waals surface area contributed by atoms with Gasteiger partial charge in [0, 0.05) is 11.4 Å². The van der Waals surface area contributed by atoms with Gasteiger partial charge in [-0.1, -0.05) is 35.9 Å². The quantitative estimate of drug-likeness (QED) is 0.570. The maximum Gasteiger partial charge on any atom is 0.340 e. The first kappa shape index (κ1) is 20.8. The van der Waals surface area contributed by atoms with Gasteiger partial charge in [-0.15, -0.1) is 0 Å². The van der Waals surface area contributed by atoms with E-state index in [9.17, 15) is 14.4 Å². The minimum absolute atomic E-state index is 0.00457. The first-order valence-electron chi connectivity index (χ1n) is 9.90. The Balaban J connectivity index is 1.52. The standard InChI is InChI=1S/C21H21ClN6O3/c22-17-9-4-10-18(24-17)25-19(29)12-27(13-5-3-6-13)20(30)11-15-14-7-1-2-8-16(14)28(26-15)21(23)31/h1-2,4,7-10,13H,3,5-6,11-12H2,(H2,23,31)(H,24,25,29). The van der Waals surface area contributed by atoms with E-state index < -0.39 is 6.03 Å². The molecule has 10 heteroatoms. The molecule has 3 aromatic rings. The van der Waals surface area contributed by atoms with Crippen LogP contribution in [0.25, 0.3) is 10.9 Å². The SMILES string of the molecule is NC(=O)n1nc(CC(=O)N(CC(=O)Nc2cccc(Cl)n2)C2CCC2)c2ccccc21. The summed E-state index contributed by atoms with van der Waals surface area (Å²) in [5.41, 5.74) is 6.40. The largest absolute Gasteiger partial charge is 0.350 e. The zero-order valence-corrected chi connectivity index (χ0v) is 17.4. The number of para-hydroxylation sites is 1. The highest BCUT2D eigenvalue weighted by molar-refractivity contribution is 6.29. The van der Waals surface area contributed by atoms with Gasteiger partial charge < -0.3 is 16.0 Å². The third kappa shape index (κ3) is 4.51. The molecule has 2 heterocycles. The van der Waals surface area contributed by atoms with E-state index in [1.54, 1.807) is 47.4 Å². The molecule has 0 spiro atoms. The smallest absolute Gasteiger partial charge is 0.340 e. The molecular formula is C21H21ClN6O3. The maximum atomic E-state index is 13.2. The van der Waals surface area contributed by atoms with Crippen LogP contribution in [0.2, 0.25) is 5.15 Å². The van der Waals surface area contributed by atoms with Crippen molar-refractivity contribution in [2.75, 3.05) is 11.9 Å². The van der Waals surface area contributed by atoms with Gasteiger partial charge in [-0.25, -0.2) is 9.78 Å². The Hall–Kier alpha value is -3.46. The number of nitrogens with one attached hydrogen (secondary N) is 1. The number of rotatable bonds is 6. The molecule has 1 aliphatic carbocycles. The maximum absolute atomic E-state index is 13.2. The summed E-state index contributed by atoms with van der Waals surface area (Å²) >= 11 is 5.86. The fraction of sp³-hybridized carbons (Fsp3) is 0.286. The van der Waals surface area contributed by atoms with Crippen LogP contribution in [-0.2, 0) is 16.0 Å². The Morgan fingerprint density at radius 1 is 1.16 bits per heavy atom. The summed E-state index contributed by atoms with van der Waals surface area (Å²) in [5.74, 6) is -0.272. The zero-order valence-electron chi connectivity index (χ0n) is 16.6. The Bertz CT molecular complexity index is 1160. The molecule has 0 aliphatic heterocycles. The monoisotopic (exact) mass is 440 g/mol. The van der Waals surface area contributed by atoms with Crippen molar-refractivity contribution in [1.29, 1.82) is 0 Å². The number of nitrogens with zero attached hydrogens (tertiary/aromatic N) is 4. The summed E-state index contributed by atoms with van der Waals surface area (Å²) in [7, 11) is 0. The lowest BCUT2D eigenvalue weighted by Gasteiger charge is -2.37. The number of halogens is 1. The van der Waals surface area contributed by atoms with E-state index in [4.69, 9.17) is 17.3 Å². The van der Waals surface area contributed by atoms with E-state index in [0.717, 1.165) is 23.9 Å². The van der Waals surface area contributed by atoms with Crippen LogP contribution in [0.1, 0.15) is 25.0 Å². The number of hydrogen-bond donors (Lipinski definition) is 2. The number of fused-ring (bicyclic) bond motifs is 1. The average molecular weight is 441 g/mol. The van der Waals surface area contributed by atoms with Crippen molar-refractivity contribution in [3.63, 3.8) is 0 Å². The molecular weight excluding hydrogens is 420 g/mol. The van der Waals surface area contributed by atoms with Gasteiger partial charge in [0.1, 0.15) is 17.5 Å². The van der Waals surface area contributed by atoms with Crippen molar-refractivity contribution in [3.8, 4) is 0 Å². The van der Waals surface area contributed by atoms with Crippen molar-refractivity contribution in [3.05, 3.63) is 53.3 Å². The van der Waals surface area contributed by atoms with Gasteiger partial charge in [0.2, 0.25) is 11.8 Å². The van der Waals surface area contributed by atoms with E-state index >= 15 is 0 Å². The van der Waals surface area contributed by atoms with Gasteiger partial charge in [0.25, 0.3) is 0 Å². The van der Waals surface area contributed by atoms with Crippen molar-refractivity contribution >= 4 is 46.2 Å².